The number of hydrogen-bond donors (Lipinski definition) is 2. The van der Waals surface area contributed by atoms with Crippen molar-refractivity contribution >= 4 is 44.8 Å². The van der Waals surface area contributed by atoms with Crippen molar-refractivity contribution in [1.29, 1.82) is 0 Å². The molecular weight excluding hydrogens is 697 g/mol. The molecule has 57 heavy (non-hydrogen) atoms. The third-order valence-electron chi connectivity index (χ3n) is 10.1. The van der Waals surface area contributed by atoms with E-state index in [0.29, 0.717) is 18.7 Å². The van der Waals surface area contributed by atoms with Gasteiger partial charge in [-0.2, -0.15) is 0 Å². The minimum absolute atomic E-state index is 0.638. The van der Waals surface area contributed by atoms with Gasteiger partial charge in [0.2, 0.25) is 0 Å². The molecule has 0 amide bonds. The van der Waals surface area contributed by atoms with Gasteiger partial charge in [0.25, 0.3) is 0 Å². The van der Waals surface area contributed by atoms with Crippen molar-refractivity contribution in [2.75, 3.05) is 11.9 Å². The van der Waals surface area contributed by atoms with E-state index in [-0.39, 0.29) is 0 Å². The van der Waals surface area contributed by atoms with Crippen LogP contribution in [-0.4, -0.2) is 21.6 Å². The van der Waals surface area contributed by atoms with Gasteiger partial charge in [-0.1, -0.05) is 146 Å². The van der Waals surface area contributed by atoms with Gasteiger partial charge in [-0.05, 0) is 65.7 Å². The minimum Gasteiger partial charge on any atom is -0.398 e. The topological polar surface area (TPSA) is 86.0 Å². The average molecular weight is 741 g/mol. The average Bonchev–Trinajstić information content (AvgIpc) is 3.61. The number of benzene rings is 5. The predicted molar refractivity (Wildman–Crippen MR) is 240 cm³/mol. The maximum Gasteiger partial charge on any atom is 0.133 e. The predicted octanol–water partition coefficient (Wildman–Crippen LogP) is 11.3. The summed E-state index contributed by atoms with van der Waals surface area (Å²) < 4.78 is 2.15. The first-order valence-corrected chi connectivity index (χ1v) is 19.2. The molecule has 0 saturated carbocycles. The van der Waals surface area contributed by atoms with E-state index in [9.17, 15) is 0 Å². The number of nitrogens with two attached hydrogens (primary N) is 2. The zero-order chi connectivity index (χ0) is 39.0. The highest BCUT2D eigenvalue weighted by atomic mass is 15.2. The van der Waals surface area contributed by atoms with E-state index < -0.39 is 0 Å². The van der Waals surface area contributed by atoms with Crippen LogP contribution in [0.5, 0.6) is 0 Å². The fourth-order valence-corrected chi connectivity index (χ4v) is 7.20. The largest absolute Gasteiger partial charge is 0.398 e. The first kappa shape index (κ1) is 36.5. The second-order valence-corrected chi connectivity index (χ2v) is 13.9. The summed E-state index contributed by atoms with van der Waals surface area (Å²) in [5.41, 5.74) is 24.3. The summed E-state index contributed by atoms with van der Waals surface area (Å²) in [5, 5.41) is 2.30. The van der Waals surface area contributed by atoms with Crippen molar-refractivity contribution in [1.82, 2.24) is 14.5 Å². The van der Waals surface area contributed by atoms with E-state index in [1.807, 2.05) is 85.0 Å². The maximum atomic E-state index is 6.92. The van der Waals surface area contributed by atoms with Crippen LogP contribution in [0.15, 0.2) is 200 Å². The van der Waals surface area contributed by atoms with Crippen LogP contribution in [0.1, 0.15) is 17.0 Å². The van der Waals surface area contributed by atoms with Crippen LogP contribution in [0, 0.1) is 0 Å². The highest BCUT2D eigenvalue weighted by Gasteiger charge is 2.16. The Kier molecular flexibility index (Phi) is 10.8. The normalized spacial score (nSPS) is 12.3. The number of nitrogens with zero attached hydrogens (tertiary/aromatic N) is 4. The Bertz CT molecular complexity index is 2780. The van der Waals surface area contributed by atoms with E-state index in [1.54, 1.807) is 0 Å². The van der Waals surface area contributed by atoms with Gasteiger partial charge in [0, 0.05) is 64.6 Å². The summed E-state index contributed by atoms with van der Waals surface area (Å²) in [5.74, 6) is 1.50. The molecule has 0 saturated heterocycles. The molecule has 0 fully saturated rings. The Morgan fingerprint density at radius 2 is 1.23 bits per heavy atom. The van der Waals surface area contributed by atoms with Crippen molar-refractivity contribution in [2.24, 2.45) is 11.5 Å². The molecule has 6 heteroatoms. The van der Waals surface area contributed by atoms with Crippen molar-refractivity contribution in [3.63, 3.8) is 0 Å². The lowest BCUT2D eigenvalue weighted by Crippen LogP contribution is -2.13. The second kappa shape index (κ2) is 16.9. The smallest absolute Gasteiger partial charge is 0.133 e. The van der Waals surface area contributed by atoms with Crippen LogP contribution in [0.25, 0.3) is 55.7 Å². The Hall–Kier alpha value is -7.44. The molecule has 8 aromatic rings. The number of rotatable bonds is 12. The lowest BCUT2D eigenvalue weighted by molar-refractivity contribution is 1.05. The number of anilines is 2. The molecule has 0 aliphatic carbocycles. The summed E-state index contributed by atoms with van der Waals surface area (Å²) in [7, 11) is 2.07. The number of hydrogen-bond acceptors (Lipinski definition) is 5. The standard InChI is InChI=1S/C51H44N6/c1-56(51-33-17-25-41(55-51)23-8-12-28-45(52)37-18-4-2-5-19-37)47-30-13-10-26-42(47)39-34-35-44-43-27-11-14-31-48(43)57(49(44)36-39)50(53)32-15-9-22-40-24-16-29-46(54-40)38-20-6-3-7-21-38/h2-21,24-36H,22-23,52-53H2,1H3/b12-8-,15-9-,45-28-,50-32+. The molecule has 3 heterocycles. The molecule has 3 aromatic heterocycles. The zero-order valence-corrected chi connectivity index (χ0v) is 31.9. The highest BCUT2D eigenvalue weighted by Crippen LogP contribution is 2.38. The van der Waals surface area contributed by atoms with E-state index in [4.69, 9.17) is 21.4 Å². The first-order chi connectivity index (χ1) is 28.0. The van der Waals surface area contributed by atoms with Crippen LogP contribution < -0.4 is 16.4 Å². The number of fused-ring (bicyclic) bond motifs is 3. The molecule has 0 aliphatic heterocycles. The second-order valence-electron chi connectivity index (χ2n) is 13.9. The first-order valence-electron chi connectivity index (χ1n) is 19.2. The molecule has 278 valence electrons. The van der Waals surface area contributed by atoms with Crippen LogP contribution in [-0.2, 0) is 12.8 Å². The highest BCUT2D eigenvalue weighted by molar-refractivity contribution is 6.11. The molecule has 0 bridgehead atoms. The molecular formula is C51H44N6. The van der Waals surface area contributed by atoms with E-state index in [2.05, 4.69) is 132 Å². The number of para-hydroxylation sites is 2. The Morgan fingerprint density at radius 1 is 0.579 bits per heavy atom. The van der Waals surface area contributed by atoms with E-state index >= 15 is 0 Å². The van der Waals surface area contributed by atoms with Crippen molar-refractivity contribution in [3.05, 3.63) is 217 Å². The fraction of sp³-hybridized carbons (Fsp3) is 0.0588. The van der Waals surface area contributed by atoms with Crippen molar-refractivity contribution in [3.8, 4) is 22.4 Å². The molecule has 0 unspecified atom stereocenters. The van der Waals surface area contributed by atoms with Gasteiger partial charge in [0.15, 0.2) is 0 Å². The molecule has 4 N–H and O–H groups in total. The van der Waals surface area contributed by atoms with E-state index in [1.165, 1.54) is 0 Å². The summed E-state index contributed by atoms with van der Waals surface area (Å²) in [4.78, 5) is 12.1. The molecule has 6 nitrogen and oxygen atoms in total. The summed E-state index contributed by atoms with van der Waals surface area (Å²) >= 11 is 0. The molecule has 5 aromatic carbocycles. The van der Waals surface area contributed by atoms with Crippen LogP contribution in [0.3, 0.4) is 0 Å². The fourth-order valence-electron chi connectivity index (χ4n) is 7.20. The molecule has 8 rings (SSSR count). The molecule has 0 atom stereocenters. The van der Waals surface area contributed by atoms with E-state index in [0.717, 1.165) is 78.3 Å². The summed E-state index contributed by atoms with van der Waals surface area (Å²) in [6.07, 6.45) is 13.5. The van der Waals surface area contributed by atoms with Gasteiger partial charge >= 0.3 is 0 Å². The third-order valence-corrected chi connectivity index (χ3v) is 10.1. The van der Waals surface area contributed by atoms with Gasteiger partial charge in [-0.25, -0.2) is 4.98 Å². The number of pyridine rings is 2. The Balaban J connectivity index is 1.05. The number of allylic oxidation sites excluding steroid dienone is 6. The van der Waals surface area contributed by atoms with Crippen LogP contribution in [0.2, 0.25) is 0 Å². The summed E-state index contributed by atoms with van der Waals surface area (Å²) in [6.45, 7) is 0. The zero-order valence-electron chi connectivity index (χ0n) is 31.9. The maximum absolute atomic E-state index is 6.92. The summed E-state index contributed by atoms with van der Waals surface area (Å²) in [6, 6.07) is 56.1. The van der Waals surface area contributed by atoms with Gasteiger partial charge in [0.1, 0.15) is 11.6 Å². The Labute approximate surface area is 334 Å². The van der Waals surface area contributed by atoms with Gasteiger partial charge < -0.3 is 16.4 Å². The van der Waals surface area contributed by atoms with Gasteiger partial charge in [0.05, 0.1) is 16.7 Å². The molecule has 0 aliphatic rings. The van der Waals surface area contributed by atoms with Gasteiger partial charge in [-0.3, -0.25) is 9.55 Å². The van der Waals surface area contributed by atoms with Crippen molar-refractivity contribution in [2.45, 2.75) is 12.8 Å². The Morgan fingerprint density at radius 3 is 2.04 bits per heavy atom. The lowest BCUT2D eigenvalue weighted by Gasteiger charge is -2.22. The number of aromatic nitrogens is 3. The monoisotopic (exact) mass is 740 g/mol. The molecule has 0 spiro atoms. The minimum atomic E-state index is 0.638. The SMILES string of the molecule is CN(c1cccc(C/C=C\C=C(/N)c2ccccc2)n1)c1ccccc1-c1ccc2c3ccccc3n(/C(N)=C/C=C\Cc3cccc(-c4ccccc4)n3)c2c1. The lowest BCUT2D eigenvalue weighted by atomic mass is 10.0. The van der Waals surface area contributed by atoms with Gasteiger partial charge in [-0.15, -0.1) is 0 Å². The van der Waals surface area contributed by atoms with Crippen molar-refractivity contribution < 1.29 is 0 Å². The quantitative estimate of drug-likeness (QED) is 0.122. The van der Waals surface area contributed by atoms with Crippen LogP contribution in [0.4, 0.5) is 11.5 Å². The van der Waals surface area contributed by atoms with Crippen LogP contribution >= 0.6 is 0 Å². The third kappa shape index (κ3) is 8.16. The molecule has 0 radical (unpaired) electrons.